The van der Waals surface area contributed by atoms with Crippen LogP contribution in [0.4, 0.5) is 0 Å². The molecule has 3 heterocycles. The van der Waals surface area contributed by atoms with E-state index in [1.54, 1.807) is 6.33 Å². The van der Waals surface area contributed by atoms with E-state index in [9.17, 15) is 4.79 Å². The highest BCUT2D eigenvalue weighted by Gasteiger charge is 2.39. The SMILES string of the molecule is CC(C(=O)N1CCCC1C1CCCN1C)n1cnc2ccccc21. The van der Waals surface area contributed by atoms with Crippen molar-refractivity contribution in [3.63, 3.8) is 0 Å². The van der Waals surface area contributed by atoms with Crippen LogP contribution in [0.3, 0.4) is 0 Å². The normalized spacial score (nSPS) is 26.3. The van der Waals surface area contributed by atoms with E-state index in [0.717, 1.165) is 37.0 Å². The van der Waals surface area contributed by atoms with Crippen LogP contribution < -0.4 is 0 Å². The lowest BCUT2D eigenvalue weighted by Gasteiger charge is -2.34. The first-order valence-corrected chi connectivity index (χ1v) is 9.09. The number of fused-ring (bicyclic) bond motifs is 1. The Balaban J connectivity index is 1.58. The smallest absolute Gasteiger partial charge is 0.245 e. The number of para-hydroxylation sites is 2. The van der Waals surface area contributed by atoms with E-state index in [-0.39, 0.29) is 11.9 Å². The molecular weight excluding hydrogens is 300 g/mol. The first-order chi connectivity index (χ1) is 11.7. The lowest BCUT2D eigenvalue weighted by Crippen LogP contribution is -2.48. The fraction of sp³-hybridized carbons (Fsp3) is 0.579. The van der Waals surface area contributed by atoms with Crippen molar-refractivity contribution in [3.8, 4) is 0 Å². The van der Waals surface area contributed by atoms with Crippen molar-refractivity contribution in [2.24, 2.45) is 0 Å². The number of hydrogen-bond donors (Lipinski definition) is 0. The number of carbonyl (C=O) groups excluding carboxylic acids is 1. The molecule has 2 saturated heterocycles. The van der Waals surface area contributed by atoms with E-state index in [2.05, 4.69) is 21.8 Å². The number of carbonyl (C=O) groups is 1. The van der Waals surface area contributed by atoms with Gasteiger partial charge >= 0.3 is 0 Å². The minimum Gasteiger partial charge on any atom is -0.336 e. The van der Waals surface area contributed by atoms with Crippen molar-refractivity contribution in [2.45, 2.75) is 50.7 Å². The van der Waals surface area contributed by atoms with Crippen LogP contribution in [0.15, 0.2) is 30.6 Å². The number of aromatic nitrogens is 2. The van der Waals surface area contributed by atoms with Crippen molar-refractivity contribution in [3.05, 3.63) is 30.6 Å². The van der Waals surface area contributed by atoms with E-state index < -0.39 is 0 Å². The summed E-state index contributed by atoms with van der Waals surface area (Å²) in [5.74, 6) is 0.237. The number of nitrogens with zero attached hydrogens (tertiary/aromatic N) is 4. The molecule has 3 atom stereocenters. The standard InChI is InChI=1S/C19H26N4O/c1-14(23-13-20-15-7-3-4-8-16(15)23)19(24)22-12-6-10-18(22)17-9-5-11-21(17)2/h3-4,7-8,13-14,17-18H,5-6,9-12H2,1-2H3. The van der Waals surface area contributed by atoms with Crippen LogP contribution in [-0.2, 0) is 4.79 Å². The minimum atomic E-state index is -0.204. The molecule has 2 aliphatic rings. The monoisotopic (exact) mass is 326 g/mol. The number of amides is 1. The Bertz CT molecular complexity index is 740. The molecule has 0 spiro atoms. The van der Waals surface area contributed by atoms with Crippen molar-refractivity contribution >= 4 is 16.9 Å². The summed E-state index contributed by atoms with van der Waals surface area (Å²) in [7, 11) is 2.20. The first kappa shape index (κ1) is 15.6. The zero-order chi connectivity index (χ0) is 16.7. The highest BCUT2D eigenvalue weighted by Crippen LogP contribution is 2.31. The fourth-order valence-corrected chi connectivity index (χ4v) is 4.53. The summed E-state index contributed by atoms with van der Waals surface area (Å²) in [6, 6.07) is 8.73. The Morgan fingerprint density at radius 3 is 2.71 bits per heavy atom. The van der Waals surface area contributed by atoms with Gasteiger partial charge in [0.25, 0.3) is 0 Å². The van der Waals surface area contributed by atoms with E-state index in [1.807, 2.05) is 35.8 Å². The molecule has 5 heteroatoms. The van der Waals surface area contributed by atoms with Crippen molar-refractivity contribution in [2.75, 3.05) is 20.1 Å². The molecule has 0 bridgehead atoms. The molecule has 1 aromatic heterocycles. The zero-order valence-electron chi connectivity index (χ0n) is 14.6. The third-order valence-corrected chi connectivity index (χ3v) is 5.86. The van der Waals surface area contributed by atoms with Gasteiger partial charge in [0, 0.05) is 18.6 Å². The largest absolute Gasteiger partial charge is 0.336 e. The van der Waals surface area contributed by atoms with Gasteiger partial charge in [0.1, 0.15) is 6.04 Å². The van der Waals surface area contributed by atoms with Crippen LogP contribution in [0.5, 0.6) is 0 Å². The van der Waals surface area contributed by atoms with Gasteiger partial charge in [0.2, 0.25) is 5.91 Å². The van der Waals surface area contributed by atoms with Gasteiger partial charge < -0.3 is 14.4 Å². The number of likely N-dealkylation sites (N-methyl/N-ethyl adjacent to an activating group) is 1. The van der Waals surface area contributed by atoms with Crippen LogP contribution in [-0.4, -0.2) is 57.5 Å². The Morgan fingerprint density at radius 2 is 1.92 bits per heavy atom. The summed E-state index contributed by atoms with van der Waals surface area (Å²) in [5.41, 5.74) is 1.98. The quantitative estimate of drug-likeness (QED) is 0.871. The van der Waals surface area contributed by atoms with Crippen molar-refractivity contribution in [1.82, 2.24) is 19.4 Å². The molecule has 1 aromatic carbocycles. The molecule has 0 N–H and O–H groups in total. The molecule has 5 nitrogen and oxygen atoms in total. The maximum atomic E-state index is 13.2. The van der Waals surface area contributed by atoms with Crippen LogP contribution in [0.25, 0.3) is 11.0 Å². The summed E-state index contributed by atoms with van der Waals surface area (Å²) >= 11 is 0. The molecule has 0 radical (unpaired) electrons. The lowest BCUT2D eigenvalue weighted by atomic mass is 10.0. The maximum Gasteiger partial charge on any atom is 0.245 e. The third kappa shape index (κ3) is 2.51. The number of likely N-dealkylation sites (tertiary alicyclic amines) is 2. The molecule has 128 valence electrons. The van der Waals surface area contributed by atoms with Crippen LogP contribution in [0.2, 0.25) is 0 Å². The highest BCUT2D eigenvalue weighted by molar-refractivity contribution is 5.84. The summed E-state index contributed by atoms with van der Waals surface area (Å²) in [4.78, 5) is 22.2. The lowest BCUT2D eigenvalue weighted by molar-refractivity contribution is -0.136. The predicted octanol–water partition coefficient (Wildman–Crippen LogP) is 2.68. The van der Waals surface area contributed by atoms with Gasteiger partial charge in [-0.3, -0.25) is 4.79 Å². The van der Waals surface area contributed by atoms with E-state index in [4.69, 9.17) is 0 Å². The van der Waals surface area contributed by atoms with E-state index >= 15 is 0 Å². The zero-order valence-corrected chi connectivity index (χ0v) is 14.6. The summed E-state index contributed by atoms with van der Waals surface area (Å²) in [6.07, 6.45) is 6.53. The Morgan fingerprint density at radius 1 is 1.17 bits per heavy atom. The molecule has 1 amide bonds. The van der Waals surface area contributed by atoms with E-state index in [1.165, 1.54) is 12.8 Å². The molecular formula is C19H26N4O. The highest BCUT2D eigenvalue weighted by atomic mass is 16.2. The second-order valence-electron chi connectivity index (χ2n) is 7.25. The fourth-order valence-electron chi connectivity index (χ4n) is 4.53. The maximum absolute atomic E-state index is 13.2. The molecule has 2 fully saturated rings. The van der Waals surface area contributed by atoms with Crippen molar-refractivity contribution < 1.29 is 4.79 Å². The molecule has 2 aliphatic heterocycles. The average Bonchev–Trinajstić information content (AvgIpc) is 3.31. The molecule has 2 aromatic rings. The van der Waals surface area contributed by atoms with Crippen LogP contribution in [0, 0.1) is 0 Å². The Kier molecular flexibility index (Phi) is 4.04. The van der Waals surface area contributed by atoms with Gasteiger partial charge in [0.15, 0.2) is 0 Å². The Labute approximate surface area is 143 Å². The molecule has 24 heavy (non-hydrogen) atoms. The third-order valence-electron chi connectivity index (χ3n) is 5.86. The van der Waals surface area contributed by atoms with E-state index in [0.29, 0.717) is 12.1 Å². The van der Waals surface area contributed by atoms with Gasteiger partial charge in [-0.05, 0) is 58.3 Å². The van der Waals surface area contributed by atoms with Crippen LogP contribution >= 0.6 is 0 Å². The van der Waals surface area contributed by atoms with Gasteiger partial charge in [-0.25, -0.2) is 4.98 Å². The molecule has 0 saturated carbocycles. The van der Waals surface area contributed by atoms with Gasteiger partial charge in [-0.2, -0.15) is 0 Å². The average molecular weight is 326 g/mol. The number of rotatable bonds is 3. The number of imidazole rings is 1. The minimum absolute atomic E-state index is 0.204. The van der Waals surface area contributed by atoms with Crippen LogP contribution in [0.1, 0.15) is 38.6 Å². The number of hydrogen-bond acceptors (Lipinski definition) is 3. The van der Waals surface area contributed by atoms with Gasteiger partial charge in [-0.1, -0.05) is 12.1 Å². The van der Waals surface area contributed by atoms with Gasteiger partial charge in [-0.15, -0.1) is 0 Å². The second kappa shape index (κ2) is 6.20. The molecule has 3 unspecified atom stereocenters. The summed E-state index contributed by atoms with van der Waals surface area (Å²) in [5, 5.41) is 0. The summed E-state index contributed by atoms with van der Waals surface area (Å²) in [6.45, 7) is 4.06. The van der Waals surface area contributed by atoms with Crippen molar-refractivity contribution in [1.29, 1.82) is 0 Å². The Hall–Kier alpha value is -1.88. The molecule has 4 rings (SSSR count). The first-order valence-electron chi connectivity index (χ1n) is 9.09. The summed E-state index contributed by atoms with van der Waals surface area (Å²) < 4.78 is 2.02. The number of benzene rings is 1. The second-order valence-corrected chi connectivity index (χ2v) is 7.25. The van der Waals surface area contributed by atoms with Gasteiger partial charge in [0.05, 0.1) is 17.4 Å². The topological polar surface area (TPSA) is 41.4 Å². The molecule has 0 aliphatic carbocycles. The predicted molar refractivity (Wildman–Crippen MR) is 94.8 cm³/mol.